The van der Waals surface area contributed by atoms with Gasteiger partial charge in [0.1, 0.15) is 0 Å². The molecule has 0 spiro atoms. The van der Waals surface area contributed by atoms with Gasteiger partial charge in [-0.2, -0.15) is 4.31 Å². The topological polar surface area (TPSA) is 75.4 Å². The summed E-state index contributed by atoms with van der Waals surface area (Å²) in [5.41, 5.74) is 1.63. The standard InChI is InChI=1S/C20H22ClN3O3S/c1-14(2)24(3)28(25,26)18-9-7-17(8-10-18)22-13-20-23-12-19(27-20)15-5-4-6-16(21)11-15/h4-12,14,22H,13H2,1-3H3. The van der Waals surface area contributed by atoms with Gasteiger partial charge in [-0.05, 0) is 50.2 Å². The van der Waals surface area contributed by atoms with Gasteiger partial charge in [0.25, 0.3) is 0 Å². The first-order chi connectivity index (χ1) is 13.3. The Bertz CT molecular complexity index is 1050. The molecule has 0 atom stereocenters. The number of hydrogen-bond donors (Lipinski definition) is 1. The number of benzene rings is 2. The van der Waals surface area contributed by atoms with Crippen molar-refractivity contribution < 1.29 is 12.8 Å². The molecule has 0 aliphatic heterocycles. The van der Waals surface area contributed by atoms with E-state index in [1.807, 2.05) is 32.0 Å². The number of oxazole rings is 1. The third-order valence-electron chi connectivity index (χ3n) is 4.36. The molecule has 1 aromatic heterocycles. The molecule has 1 N–H and O–H groups in total. The van der Waals surface area contributed by atoms with E-state index in [4.69, 9.17) is 16.0 Å². The molecule has 0 saturated heterocycles. The van der Waals surface area contributed by atoms with E-state index in [-0.39, 0.29) is 10.9 Å². The number of nitrogens with one attached hydrogen (secondary N) is 1. The van der Waals surface area contributed by atoms with Crippen LogP contribution in [0, 0.1) is 0 Å². The van der Waals surface area contributed by atoms with Crippen molar-refractivity contribution in [1.82, 2.24) is 9.29 Å². The molecule has 0 fully saturated rings. The first-order valence-electron chi connectivity index (χ1n) is 8.80. The predicted molar refractivity (Wildman–Crippen MR) is 111 cm³/mol. The molecular formula is C20H22ClN3O3S. The fraction of sp³-hybridized carbons (Fsp3) is 0.250. The maximum absolute atomic E-state index is 12.5. The molecule has 8 heteroatoms. The van der Waals surface area contributed by atoms with Crippen molar-refractivity contribution in [3.05, 3.63) is 65.6 Å². The molecule has 1 heterocycles. The van der Waals surface area contributed by atoms with Crippen molar-refractivity contribution in [3.8, 4) is 11.3 Å². The fourth-order valence-corrected chi connectivity index (χ4v) is 4.09. The van der Waals surface area contributed by atoms with E-state index in [0.717, 1.165) is 11.3 Å². The highest BCUT2D eigenvalue weighted by atomic mass is 35.5. The Hall–Kier alpha value is -2.35. The van der Waals surface area contributed by atoms with Gasteiger partial charge >= 0.3 is 0 Å². The van der Waals surface area contributed by atoms with Crippen molar-refractivity contribution in [3.63, 3.8) is 0 Å². The predicted octanol–water partition coefficient (Wildman–Crippen LogP) is 4.64. The van der Waals surface area contributed by atoms with Crippen LogP contribution in [0.3, 0.4) is 0 Å². The molecule has 0 aliphatic carbocycles. The van der Waals surface area contributed by atoms with Crippen LogP contribution in [0.4, 0.5) is 5.69 Å². The summed E-state index contributed by atoms with van der Waals surface area (Å²) < 4.78 is 32.1. The highest BCUT2D eigenvalue weighted by Crippen LogP contribution is 2.24. The monoisotopic (exact) mass is 419 g/mol. The minimum atomic E-state index is -3.49. The molecule has 0 radical (unpaired) electrons. The molecule has 3 aromatic rings. The number of rotatable bonds is 7. The summed E-state index contributed by atoms with van der Waals surface area (Å²) in [6.45, 7) is 4.04. The summed E-state index contributed by atoms with van der Waals surface area (Å²) in [6.07, 6.45) is 1.65. The highest BCUT2D eigenvalue weighted by Gasteiger charge is 2.22. The Balaban J connectivity index is 1.66. The van der Waals surface area contributed by atoms with Gasteiger partial charge in [-0.3, -0.25) is 0 Å². The lowest BCUT2D eigenvalue weighted by atomic mass is 10.2. The molecule has 0 bridgehead atoms. The van der Waals surface area contributed by atoms with E-state index in [1.54, 1.807) is 43.6 Å². The lowest BCUT2D eigenvalue weighted by Crippen LogP contribution is -2.33. The second-order valence-electron chi connectivity index (χ2n) is 6.62. The maximum atomic E-state index is 12.5. The summed E-state index contributed by atoms with van der Waals surface area (Å²) in [5.74, 6) is 1.16. The van der Waals surface area contributed by atoms with Crippen LogP contribution in [-0.4, -0.2) is 30.8 Å². The maximum Gasteiger partial charge on any atom is 0.243 e. The Morgan fingerprint density at radius 3 is 2.54 bits per heavy atom. The second-order valence-corrected chi connectivity index (χ2v) is 9.06. The number of sulfonamides is 1. The van der Waals surface area contributed by atoms with Gasteiger partial charge in [0.05, 0.1) is 17.6 Å². The van der Waals surface area contributed by atoms with Gasteiger partial charge in [0.2, 0.25) is 15.9 Å². The van der Waals surface area contributed by atoms with E-state index in [2.05, 4.69) is 10.3 Å². The SMILES string of the molecule is CC(C)N(C)S(=O)(=O)c1ccc(NCc2ncc(-c3cccc(Cl)c3)o2)cc1. The molecule has 28 heavy (non-hydrogen) atoms. The summed E-state index contributed by atoms with van der Waals surface area (Å²) in [5, 5.41) is 3.81. The average Bonchev–Trinajstić information content (AvgIpc) is 3.15. The molecule has 0 aliphatic rings. The number of halogens is 1. The lowest BCUT2D eigenvalue weighted by molar-refractivity contribution is 0.410. The van der Waals surface area contributed by atoms with Crippen LogP contribution < -0.4 is 5.32 Å². The van der Waals surface area contributed by atoms with E-state index in [0.29, 0.717) is 23.2 Å². The summed E-state index contributed by atoms with van der Waals surface area (Å²) in [6, 6.07) is 13.9. The minimum Gasteiger partial charge on any atom is -0.439 e. The van der Waals surface area contributed by atoms with Gasteiger partial charge in [-0.15, -0.1) is 0 Å². The molecule has 148 valence electrons. The fourth-order valence-electron chi connectivity index (χ4n) is 2.53. The molecule has 6 nitrogen and oxygen atoms in total. The van der Waals surface area contributed by atoms with Gasteiger partial charge < -0.3 is 9.73 Å². The van der Waals surface area contributed by atoms with Crippen LogP contribution in [0.1, 0.15) is 19.7 Å². The Kier molecular flexibility index (Phi) is 6.07. The molecule has 3 rings (SSSR count). The van der Waals surface area contributed by atoms with Crippen molar-refractivity contribution in [1.29, 1.82) is 0 Å². The molecule has 0 unspecified atom stereocenters. The van der Waals surface area contributed by atoms with Gasteiger partial charge in [-0.25, -0.2) is 13.4 Å². The normalized spacial score (nSPS) is 11.9. The molecule has 2 aromatic carbocycles. The lowest BCUT2D eigenvalue weighted by Gasteiger charge is -2.21. The number of anilines is 1. The summed E-state index contributed by atoms with van der Waals surface area (Å²) in [7, 11) is -1.91. The van der Waals surface area contributed by atoms with Crippen LogP contribution in [0.15, 0.2) is 64.0 Å². The van der Waals surface area contributed by atoms with Crippen molar-refractivity contribution in [2.24, 2.45) is 0 Å². The first-order valence-corrected chi connectivity index (χ1v) is 10.6. The molecular weight excluding hydrogens is 398 g/mol. The van der Waals surface area contributed by atoms with Crippen LogP contribution in [0.2, 0.25) is 5.02 Å². The largest absolute Gasteiger partial charge is 0.439 e. The average molecular weight is 420 g/mol. The summed E-state index contributed by atoms with van der Waals surface area (Å²) in [4.78, 5) is 4.52. The van der Waals surface area contributed by atoms with Crippen LogP contribution in [0.25, 0.3) is 11.3 Å². The third kappa shape index (κ3) is 4.55. The van der Waals surface area contributed by atoms with E-state index in [1.165, 1.54) is 4.31 Å². The van der Waals surface area contributed by atoms with Crippen molar-refractivity contribution in [2.45, 2.75) is 31.3 Å². The molecule has 0 amide bonds. The number of nitrogens with zero attached hydrogens (tertiary/aromatic N) is 2. The smallest absolute Gasteiger partial charge is 0.243 e. The van der Waals surface area contributed by atoms with Crippen molar-refractivity contribution >= 4 is 27.3 Å². The zero-order chi connectivity index (χ0) is 20.3. The zero-order valence-corrected chi connectivity index (χ0v) is 17.5. The van der Waals surface area contributed by atoms with Gasteiger partial charge in [-0.1, -0.05) is 23.7 Å². The second kappa shape index (κ2) is 8.34. The van der Waals surface area contributed by atoms with Crippen LogP contribution in [0.5, 0.6) is 0 Å². The molecule has 0 saturated carbocycles. The van der Waals surface area contributed by atoms with Crippen LogP contribution >= 0.6 is 11.6 Å². The number of hydrogen-bond acceptors (Lipinski definition) is 5. The zero-order valence-electron chi connectivity index (χ0n) is 15.9. The van der Waals surface area contributed by atoms with E-state index < -0.39 is 10.0 Å². The highest BCUT2D eigenvalue weighted by molar-refractivity contribution is 7.89. The quantitative estimate of drug-likeness (QED) is 0.603. The third-order valence-corrected chi connectivity index (χ3v) is 6.65. The van der Waals surface area contributed by atoms with E-state index in [9.17, 15) is 8.42 Å². The van der Waals surface area contributed by atoms with Crippen LogP contribution in [-0.2, 0) is 16.6 Å². The van der Waals surface area contributed by atoms with Gasteiger partial charge in [0, 0.05) is 29.4 Å². The van der Waals surface area contributed by atoms with Gasteiger partial charge in [0.15, 0.2) is 5.76 Å². The van der Waals surface area contributed by atoms with Crippen molar-refractivity contribution in [2.75, 3.05) is 12.4 Å². The first kappa shape index (κ1) is 20.4. The minimum absolute atomic E-state index is 0.110. The van der Waals surface area contributed by atoms with E-state index >= 15 is 0 Å². The number of aromatic nitrogens is 1. The Morgan fingerprint density at radius 2 is 1.89 bits per heavy atom. The Morgan fingerprint density at radius 1 is 1.18 bits per heavy atom. The Labute approximate surface area is 170 Å². The summed E-state index contributed by atoms with van der Waals surface area (Å²) >= 11 is 6.00.